The predicted octanol–water partition coefficient (Wildman–Crippen LogP) is 2.42. The van der Waals surface area contributed by atoms with Crippen molar-refractivity contribution in [2.45, 2.75) is 51.6 Å². The summed E-state index contributed by atoms with van der Waals surface area (Å²) in [5.41, 5.74) is 1.52. The van der Waals surface area contributed by atoms with E-state index in [1.165, 1.54) is 19.3 Å². The average Bonchev–Trinajstić information content (AvgIpc) is 3.04. The van der Waals surface area contributed by atoms with E-state index < -0.39 is 0 Å². The highest BCUT2D eigenvalue weighted by Gasteiger charge is 2.17. The van der Waals surface area contributed by atoms with Crippen LogP contribution in [0.15, 0.2) is 24.3 Å². The summed E-state index contributed by atoms with van der Waals surface area (Å²) >= 11 is 0. The zero-order chi connectivity index (χ0) is 15.4. The Kier molecular flexibility index (Phi) is 4.46. The van der Waals surface area contributed by atoms with E-state index in [4.69, 9.17) is 0 Å². The number of nitrogens with zero attached hydrogens (tertiary/aromatic N) is 4. The van der Waals surface area contributed by atoms with Gasteiger partial charge in [-0.25, -0.2) is 4.68 Å². The highest BCUT2D eigenvalue weighted by Crippen LogP contribution is 2.20. The lowest BCUT2D eigenvalue weighted by Crippen LogP contribution is -2.36. The maximum Gasteiger partial charge on any atom is 0.251 e. The monoisotopic (exact) mass is 299 g/mol. The molecule has 1 aliphatic carbocycles. The molecule has 0 radical (unpaired) electrons. The normalized spacial score (nSPS) is 15.7. The summed E-state index contributed by atoms with van der Waals surface area (Å²) in [5.74, 6) is 0.680. The minimum absolute atomic E-state index is 0.00993. The third-order valence-electron chi connectivity index (χ3n) is 4.15. The Morgan fingerprint density at radius 3 is 2.91 bits per heavy atom. The molecule has 3 rings (SSSR count). The van der Waals surface area contributed by atoms with Crippen LogP contribution >= 0.6 is 0 Å². The van der Waals surface area contributed by atoms with Gasteiger partial charge in [0.25, 0.3) is 5.91 Å². The molecule has 2 aromatic rings. The van der Waals surface area contributed by atoms with Crippen molar-refractivity contribution in [3.05, 3.63) is 29.8 Å². The van der Waals surface area contributed by atoms with Gasteiger partial charge in [0, 0.05) is 23.7 Å². The molecule has 1 saturated carbocycles. The van der Waals surface area contributed by atoms with Crippen molar-refractivity contribution in [1.82, 2.24) is 25.5 Å². The Hall–Kier alpha value is -2.24. The van der Waals surface area contributed by atoms with E-state index in [1.54, 1.807) is 4.68 Å². The molecule has 1 fully saturated rings. The minimum Gasteiger partial charge on any atom is -0.349 e. The number of tetrazole rings is 1. The molecule has 0 atom stereocenters. The Morgan fingerprint density at radius 1 is 1.32 bits per heavy atom. The number of carbonyl (C=O) groups is 1. The maximum absolute atomic E-state index is 12.4. The van der Waals surface area contributed by atoms with E-state index in [-0.39, 0.29) is 5.91 Å². The van der Waals surface area contributed by atoms with Gasteiger partial charge in [-0.1, -0.05) is 31.4 Å². The number of hydrogen-bond acceptors (Lipinski definition) is 4. The van der Waals surface area contributed by atoms with Crippen LogP contribution in [0.25, 0.3) is 11.4 Å². The molecule has 1 aromatic carbocycles. The van der Waals surface area contributed by atoms with E-state index >= 15 is 0 Å². The predicted molar refractivity (Wildman–Crippen MR) is 83.3 cm³/mol. The van der Waals surface area contributed by atoms with Gasteiger partial charge in [0.15, 0.2) is 5.82 Å². The third-order valence-corrected chi connectivity index (χ3v) is 4.15. The summed E-state index contributed by atoms with van der Waals surface area (Å²) < 4.78 is 1.72. The van der Waals surface area contributed by atoms with E-state index in [2.05, 4.69) is 20.8 Å². The fourth-order valence-corrected chi connectivity index (χ4v) is 2.94. The molecule has 6 nitrogen and oxygen atoms in total. The molecular weight excluding hydrogens is 278 g/mol. The number of nitrogens with one attached hydrogen (secondary N) is 1. The number of carbonyl (C=O) groups excluding carboxylic acids is 1. The van der Waals surface area contributed by atoms with Crippen molar-refractivity contribution in [2.24, 2.45) is 0 Å². The van der Waals surface area contributed by atoms with Crippen LogP contribution < -0.4 is 5.32 Å². The van der Waals surface area contributed by atoms with Crippen LogP contribution in [0.2, 0.25) is 0 Å². The van der Waals surface area contributed by atoms with Crippen molar-refractivity contribution >= 4 is 5.91 Å². The molecule has 0 aliphatic heterocycles. The largest absolute Gasteiger partial charge is 0.349 e. The highest BCUT2D eigenvalue weighted by molar-refractivity contribution is 5.95. The smallest absolute Gasteiger partial charge is 0.251 e. The van der Waals surface area contributed by atoms with Crippen molar-refractivity contribution in [2.75, 3.05) is 0 Å². The molecule has 0 bridgehead atoms. The van der Waals surface area contributed by atoms with Crippen molar-refractivity contribution in [3.8, 4) is 11.4 Å². The zero-order valence-electron chi connectivity index (χ0n) is 12.8. The van der Waals surface area contributed by atoms with Gasteiger partial charge in [0.2, 0.25) is 0 Å². The van der Waals surface area contributed by atoms with Crippen LogP contribution in [-0.2, 0) is 6.54 Å². The number of amides is 1. The molecule has 1 amide bonds. The van der Waals surface area contributed by atoms with Gasteiger partial charge in [0.05, 0.1) is 0 Å². The van der Waals surface area contributed by atoms with E-state index in [1.807, 2.05) is 31.2 Å². The average molecular weight is 299 g/mol. The first-order valence-corrected chi connectivity index (χ1v) is 7.95. The second kappa shape index (κ2) is 6.68. The molecule has 116 valence electrons. The maximum atomic E-state index is 12.4. The minimum atomic E-state index is -0.00993. The quantitative estimate of drug-likeness (QED) is 0.941. The van der Waals surface area contributed by atoms with Gasteiger partial charge in [-0.2, -0.15) is 0 Å². The molecule has 0 spiro atoms. The molecule has 0 unspecified atom stereocenters. The van der Waals surface area contributed by atoms with Gasteiger partial charge < -0.3 is 5.32 Å². The number of benzene rings is 1. The SMILES string of the molecule is CCn1nnnc1-c1cccc(C(=O)NC2CCCCC2)c1. The Balaban J connectivity index is 1.77. The van der Waals surface area contributed by atoms with Crippen LogP contribution in [0, 0.1) is 0 Å². The Morgan fingerprint density at radius 2 is 2.14 bits per heavy atom. The first-order valence-electron chi connectivity index (χ1n) is 7.95. The van der Waals surface area contributed by atoms with Crippen LogP contribution in [0.1, 0.15) is 49.4 Å². The first-order chi connectivity index (χ1) is 10.8. The summed E-state index contributed by atoms with van der Waals surface area (Å²) in [6, 6.07) is 7.80. The van der Waals surface area contributed by atoms with Crippen LogP contribution in [0.4, 0.5) is 0 Å². The molecule has 1 heterocycles. The summed E-state index contributed by atoms with van der Waals surface area (Å²) in [5, 5.41) is 14.8. The Labute approximate surface area is 129 Å². The summed E-state index contributed by atoms with van der Waals surface area (Å²) in [6.45, 7) is 2.68. The van der Waals surface area contributed by atoms with Gasteiger partial charge >= 0.3 is 0 Å². The molecule has 6 heteroatoms. The van der Waals surface area contributed by atoms with Crippen molar-refractivity contribution < 1.29 is 4.79 Å². The van der Waals surface area contributed by atoms with Gasteiger partial charge in [0.1, 0.15) is 0 Å². The van der Waals surface area contributed by atoms with Crippen molar-refractivity contribution in [3.63, 3.8) is 0 Å². The molecule has 0 saturated heterocycles. The molecule has 1 N–H and O–H groups in total. The summed E-state index contributed by atoms with van der Waals surface area (Å²) in [4.78, 5) is 12.4. The second-order valence-corrected chi connectivity index (χ2v) is 5.71. The molecule has 1 aliphatic rings. The Bertz CT molecular complexity index is 645. The zero-order valence-corrected chi connectivity index (χ0v) is 12.8. The fraction of sp³-hybridized carbons (Fsp3) is 0.500. The van der Waals surface area contributed by atoms with Crippen LogP contribution in [-0.4, -0.2) is 32.2 Å². The molecule has 1 aromatic heterocycles. The van der Waals surface area contributed by atoms with Crippen LogP contribution in [0.5, 0.6) is 0 Å². The van der Waals surface area contributed by atoms with Crippen molar-refractivity contribution in [1.29, 1.82) is 0 Å². The highest BCUT2D eigenvalue weighted by atomic mass is 16.1. The second-order valence-electron chi connectivity index (χ2n) is 5.71. The number of hydrogen-bond donors (Lipinski definition) is 1. The summed E-state index contributed by atoms with van der Waals surface area (Å²) in [7, 11) is 0. The molecular formula is C16H21N5O. The molecule has 22 heavy (non-hydrogen) atoms. The van der Waals surface area contributed by atoms with Gasteiger partial charge in [-0.3, -0.25) is 4.79 Å². The lowest BCUT2D eigenvalue weighted by Gasteiger charge is -2.22. The summed E-state index contributed by atoms with van der Waals surface area (Å²) in [6.07, 6.45) is 5.85. The number of aryl methyl sites for hydroxylation is 1. The van der Waals surface area contributed by atoms with E-state index in [9.17, 15) is 4.79 Å². The third kappa shape index (κ3) is 3.16. The van der Waals surface area contributed by atoms with Gasteiger partial charge in [-0.15, -0.1) is 5.10 Å². The lowest BCUT2D eigenvalue weighted by atomic mass is 9.95. The van der Waals surface area contributed by atoms with E-state index in [0.29, 0.717) is 24.0 Å². The number of aromatic nitrogens is 4. The lowest BCUT2D eigenvalue weighted by molar-refractivity contribution is 0.0928. The van der Waals surface area contributed by atoms with E-state index in [0.717, 1.165) is 18.4 Å². The first kappa shape index (κ1) is 14.7. The topological polar surface area (TPSA) is 72.7 Å². The standard InChI is InChI=1S/C16H21N5O/c1-2-21-15(18-19-20-21)12-7-6-8-13(11-12)16(22)17-14-9-4-3-5-10-14/h6-8,11,14H,2-5,9-10H2,1H3,(H,17,22). The number of rotatable bonds is 4. The van der Waals surface area contributed by atoms with Gasteiger partial charge in [-0.05, 0) is 42.3 Å². The van der Waals surface area contributed by atoms with Crippen LogP contribution in [0.3, 0.4) is 0 Å². The fourth-order valence-electron chi connectivity index (χ4n) is 2.94.